The Morgan fingerprint density at radius 3 is 3.04 bits per heavy atom. The summed E-state index contributed by atoms with van der Waals surface area (Å²) in [6.07, 6.45) is 8.45. The highest BCUT2D eigenvalue weighted by Gasteiger charge is 2.26. The Bertz CT molecular complexity index is 947. The highest BCUT2D eigenvalue weighted by atomic mass is 19.1. The number of piperidine rings is 1. The molecule has 1 aliphatic rings. The first-order valence-corrected chi connectivity index (χ1v) is 9.18. The summed E-state index contributed by atoms with van der Waals surface area (Å²) in [5.41, 5.74) is 0.769. The normalized spacial score (nSPS) is 16.8. The van der Waals surface area contributed by atoms with Gasteiger partial charge >= 0.3 is 0 Å². The lowest BCUT2D eigenvalue weighted by atomic mass is 9.95. The Kier molecular flexibility index (Phi) is 5.27. The Morgan fingerprint density at radius 2 is 2.21 bits per heavy atom. The second-order valence-corrected chi connectivity index (χ2v) is 6.72. The first-order chi connectivity index (χ1) is 13.7. The third-order valence-corrected chi connectivity index (χ3v) is 4.70. The summed E-state index contributed by atoms with van der Waals surface area (Å²) in [5, 5.41) is 4.09. The predicted octanol–water partition coefficient (Wildman–Crippen LogP) is 3.01. The number of benzene rings is 1. The van der Waals surface area contributed by atoms with Crippen LogP contribution >= 0.6 is 0 Å². The summed E-state index contributed by atoms with van der Waals surface area (Å²) in [5.74, 6) is 0.418. The summed E-state index contributed by atoms with van der Waals surface area (Å²) in [6.45, 7) is 1.54. The van der Waals surface area contributed by atoms with E-state index in [0.717, 1.165) is 25.1 Å². The molecular weight excluding hydrogens is 361 g/mol. The molecule has 28 heavy (non-hydrogen) atoms. The number of hydrogen-bond donors (Lipinski definition) is 0. The number of carbonyl (C=O) groups excluding carboxylic acids is 1. The van der Waals surface area contributed by atoms with E-state index in [1.165, 1.54) is 18.3 Å². The molecule has 7 nitrogen and oxygen atoms in total. The van der Waals surface area contributed by atoms with Crippen LogP contribution in [0.1, 0.15) is 24.5 Å². The molecule has 0 aliphatic carbocycles. The van der Waals surface area contributed by atoms with Crippen molar-refractivity contribution < 1.29 is 13.9 Å². The molecule has 0 saturated carbocycles. The summed E-state index contributed by atoms with van der Waals surface area (Å²) < 4.78 is 20.6. The highest BCUT2D eigenvalue weighted by molar-refractivity contribution is 5.76. The van der Waals surface area contributed by atoms with Crippen LogP contribution in [0.15, 0.2) is 55.1 Å². The Morgan fingerprint density at radius 1 is 1.29 bits per heavy atom. The lowest BCUT2D eigenvalue weighted by Gasteiger charge is -2.32. The number of rotatable bonds is 5. The molecule has 1 amide bonds. The van der Waals surface area contributed by atoms with Gasteiger partial charge in [-0.05, 0) is 31.0 Å². The van der Waals surface area contributed by atoms with E-state index in [0.29, 0.717) is 18.2 Å². The third kappa shape index (κ3) is 4.33. The zero-order valence-electron chi connectivity index (χ0n) is 15.2. The Balaban J connectivity index is 1.44. The zero-order chi connectivity index (χ0) is 19.3. The van der Waals surface area contributed by atoms with Crippen molar-refractivity contribution in [2.45, 2.75) is 25.3 Å². The smallest absolute Gasteiger partial charge is 0.244 e. The Labute approximate surface area is 161 Å². The summed E-state index contributed by atoms with van der Waals surface area (Å²) in [7, 11) is 0. The summed E-state index contributed by atoms with van der Waals surface area (Å²) >= 11 is 0. The highest BCUT2D eigenvalue weighted by Crippen LogP contribution is 2.27. The maximum Gasteiger partial charge on any atom is 0.244 e. The van der Waals surface area contributed by atoms with Crippen LogP contribution in [0, 0.1) is 5.82 Å². The second-order valence-electron chi connectivity index (χ2n) is 6.72. The van der Waals surface area contributed by atoms with E-state index in [2.05, 4.69) is 15.1 Å². The van der Waals surface area contributed by atoms with Crippen molar-refractivity contribution >= 4 is 5.91 Å². The molecule has 2 aromatic heterocycles. The van der Waals surface area contributed by atoms with E-state index in [4.69, 9.17) is 4.74 Å². The van der Waals surface area contributed by atoms with Gasteiger partial charge in [0.15, 0.2) is 0 Å². The van der Waals surface area contributed by atoms with Crippen LogP contribution in [-0.4, -0.2) is 43.6 Å². The van der Waals surface area contributed by atoms with Crippen molar-refractivity contribution in [3.05, 3.63) is 66.6 Å². The topological polar surface area (TPSA) is 73.1 Å². The molecular formula is C20H20FN5O2. The minimum absolute atomic E-state index is 0.0357. The molecule has 0 radical (unpaired) electrons. The van der Waals surface area contributed by atoms with E-state index in [1.807, 2.05) is 4.90 Å². The molecule has 1 saturated heterocycles. The van der Waals surface area contributed by atoms with E-state index >= 15 is 0 Å². The summed E-state index contributed by atoms with van der Waals surface area (Å²) in [6, 6.07) is 7.68. The van der Waals surface area contributed by atoms with E-state index < -0.39 is 0 Å². The first kappa shape index (κ1) is 18.1. The third-order valence-electron chi connectivity index (χ3n) is 4.70. The van der Waals surface area contributed by atoms with Gasteiger partial charge in [-0.2, -0.15) is 5.10 Å². The number of hydrogen-bond acceptors (Lipinski definition) is 5. The molecule has 3 aromatic rings. The van der Waals surface area contributed by atoms with Crippen molar-refractivity contribution in [2.24, 2.45) is 0 Å². The molecule has 1 atom stereocenters. The van der Waals surface area contributed by atoms with Gasteiger partial charge in [0.05, 0.1) is 11.9 Å². The lowest BCUT2D eigenvalue weighted by molar-refractivity contribution is -0.133. The maximum atomic E-state index is 13.3. The average molecular weight is 381 g/mol. The van der Waals surface area contributed by atoms with Gasteiger partial charge in [0.25, 0.3) is 0 Å². The molecule has 1 unspecified atom stereocenters. The van der Waals surface area contributed by atoms with Gasteiger partial charge in [0, 0.05) is 43.7 Å². The van der Waals surface area contributed by atoms with Gasteiger partial charge < -0.3 is 9.64 Å². The van der Waals surface area contributed by atoms with Gasteiger partial charge in [-0.1, -0.05) is 6.07 Å². The van der Waals surface area contributed by atoms with Crippen LogP contribution in [0.3, 0.4) is 0 Å². The first-order valence-electron chi connectivity index (χ1n) is 9.18. The van der Waals surface area contributed by atoms with Crippen LogP contribution < -0.4 is 4.74 Å². The Hall–Kier alpha value is -3.29. The molecule has 1 aliphatic heterocycles. The minimum Gasteiger partial charge on any atom is -0.437 e. The second kappa shape index (κ2) is 8.16. The standard InChI is InChI=1S/C20H20FN5O2/c21-16-5-1-6-17(10-16)28-19-12-22-11-18(24-19)15-4-2-8-25(13-15)20(27)14-26-9-3-7-23-26/h1,3,5-7,9-12,15H,2,4,8,13-14H2. The van der Waals surface area contributed by atoms with E-state index in [1.54, 1.807) is 41.5 Å². The molecule has 1 fully saturated rings. The van der Waals surface area contributed by atoms with Gasteiger partial charge in [0.2, 0.25) is 11.8 Å². The molecule has 0 N–H and O–H groups in total. The van der Waals surface area contributed by atoms with E-state index in [-0.39, 0.29) is 24.2 Å². The minimum atomic E-state index is -0.375. The fourth-order valence-corrected chi connectivity index (χ4v) is 3.34. The van der Waals surface area contributed by atoms with Gasteiger partial charge in [-0.25, -0.2) is 9.37 Å². The largest absolute Gasteiger partial charge is 0.437 e. The molecule has 144 valence electrons. The number of aromatic nitrogens is 4. The van der Waals surface area contributed by atoms with Crippen LogP contribution in [-0.2, 0) is 11.3 Å². The summed E-state index contributed by atoms with van der Waals surface area (Å²) in [4.78, 5) is 23.1. The number of ether oxygens (including phenoxy) is 1. The average Bonchev–Trinajstić information content (AvgIpc) is 3.21. The molecule has 0 bridgehead atoms. The van der Waals surface area contributed by atoms with Crippen molar-refractivity contribution in [1.82, 2.24) is 24.6 Å². The number of amides is 1. The number of likely N-dealkylation sites (tertiary alicyclic amines) is 1. The van der Waals surface area contributed by atoms with Gasteiger partial charge in [-0.3, -0.25) is 14.5 Å². The van der Waals surface area contributed by atoms with Gasteiger partial charge in [-0.15, -0.1) is 0 Å². The maximum absolute atomic E-state index is 13.3. The molecule has 3 heterocycles. The fraction of sp³-hybridized carbons (Fsp3) is 0.300. The monoisotopic (exact) mass is 381 g/mol. The van der Waals surface area contributed by atoms with Crippen LogP contribution in [0.25, 0.3) is 0 Å². The quantitative estimate of drug-likeness (QED) is 0.679. The van der Waals surface area contributed by atoms with Crippen LogP contribution in [0.4, 0.5) is 4.39 Å². The van der Waals surface area contributed by atoms with Crippen molar-refractivity contribution in [3.8, 4) is 11.6 Å². The molecule has 8 heteroatoms. The molecule has 1 aromatic carbocycles. The number of nitrogens with zero attached hydrogens (tertiary/aromatic N) is 5. The molecule has 4 rings (SSSR count). The van der Waals surface area contributed by atoms with Crippen molar-refractivity contribution in [3.63, 3.8) is 0 Å². The number of halogens is 1. The van der Waals surface area contributed by atoms with Gasteiger partial charge in [0.1, 0.15) is 18.1 Å². The lowest BCUT2D eigenvalue weighted by Crippen LogP contribution is -2.41. The molecule has 0 spiro atoms. The van der Waals surface area contributed by atoms with Crippen LogP contribution in [0.2, 0.25) is 0 Å². The fourth-order valence-electron chi connectivity index (χ4n) is 3.34. The number of carbonyl (C=O) groups is 1. The predicted molar refractivity (Wildman–Crippen MR) is 99.3 cm³/mol. The van der Waals surface area contributed by atoms with E-state index in [9.17, 15) is 9.18 Å². The SMILES string of the molecule is O=C(Cn1cccn1)N1CCCC(c2cncc(Oc3cccc(F)c3)n2)C1. The zero-order valence-corrected chi connectivity index (χ0v) is 15.2. The van der Waals surface area contributed by atoms with Crippen LogP contribution in [0.5, 0.6) is 11.6 Å². The van der Waals surface area contributed by atoms with Crippen molar-refractivity contribution in [1.29, 1.82) is 0 Å². The van der Waals surface area contributed by atoms with Crippen molar-refractivity contribution in [2.75, 3.05) is 13.1 Å².